The fraction of sp³-hybridized carbons (Fsp3) is 0.812. The number of esters is 1. The summed E-state index contributed by atoms with van der Waals surface area (Å²) in [5, 5.41) is 0. The van der Waals surface area contributed by atoms with Gasteiger partial charge in [0.15, 0.2) is 8.32 Å². The number of carbonyl (C=O) groups excluding carboxylic acids is 1. The average Bonchev–Trinajstić information content (AvgIpc) is 2.41. The molecule has 0 aliphatic heterocycles. The Balaban J connectivity index is 4.32. The van der Waals surface area contributed by atoms with Crippen LogP contribution in [-0.4, -0.2) is 27.5 Å². The Morgan fingerprint density at radius 3 is 2.05 bits per heavy atom. The van der Waals surface area contributed by atoms with Crippen LogP contribution in [0.3, 0.4) is 0 Å². The molecule has 0 amide bonds. The largest absolute Gasteiger partial charge is 0.462 e. The molecule has 0 rings (SSSR count). The predicted molar refractivity (Wildman–Crippen MR) is 87.4 cm³/mol. The van der Waals surface area contributed by atoms with E-state index in [0.717, 1.165) is 25.5 Å². The predicted octanol–water partition coefficient (Wildman–Crippen LogP) is 4.69. The van der Waals surface area contributed by atoms with Gasteiger partial charge in [0.25, 0.3) is 0 Å². The molecular formula is C16H32O3Si. The molecule has 0 atom stereocenters. The van der Waals surface area contributed by atoms with Gasteiger partial charge in [-0.1, -0.05) is 40.2 Å². The van der Waals surface area contributed by atoms with Crippen molar-refractivity contribution < 1.29 is 14.0 Å². The molecule has 0 spiro atoms. The molecule has 0 N–H and O–H groups in total. The molecule has 20 heavy (non-hydrogen) atoms. The Morgan fingerprint density at radius 2 is 1.60 bits per heavy atom. The molecule has 0 aliphatic rings. The van der Waals surface area contributed by atoms with Crippen LogP contribution in [-0.2, 0) is 14.0 Å². The van der Waals surface area contributed by atoms with E-state index in [2.05, 4.69) is 27.4 Å². The second-order valence-electron chi connectivity index (χ2n) is 5.55. The lowest BCUT2D eigenvalue weighted by Crippen LogP contribution is -2.38. The summed E-state index contributed by atoms with van der Waals surface area (Å²) in [6.07, 6.45) is 4.35. The van der Waals surface area contributed by atoms with Crippen molar-refractivity contribution in [3.05, 3.63) is 12.2 Å². The Labute approximate surface area is 125 Å². The van der Waals surface area contributed by atoms with Crippen molar-refractivity contribution in [2.24, 2.45) is 0 Å². The van der Waals surface area contributed by atoms with E-state index in [1.54, 1.807) is 6.92 Å². The summed E-state index contributed by atoms with van der Waals surface area (Å²) >= 11 is 0. The lowest BCUT2D eigenvalue weighted by Gasteiger charge is -2.31. The zero-order valence-electron chi connectivity index (χ0n) is 13.8. The van der Waals surface area contributed by atoms with E-state index in [4.69, 9.17) is 9.16 Å². The van der Waals surface area contributed by atoms with Crippen LogP contribution < -0.4 is 0 Å². The molecule has 0 aromatic rings. The summed E-state index contributed by atoms with van der Waals surface area (Å²) in [6, 6.07) is 3.53. The first kappa shape index (κ1) is 19.4. The number of hydrogen-bond donors (Lipinski definition) is 0. The SMILES string of the molecule is C=C(C)C(=O)OCCC[Si](CCC)(CCC)OCCC. The first-order valence-corrected chi connectivity index (χ1v) is 10.5. The molecule has 0 unspecified atom stereocenters. The number of ether oxygens (including phenoxy) is 1. The minimum atomic E-state index is -1.63. The molecule has 0 aromatic carbocycles. The highest BCUT2D eigenvalue weighted by Gasteiger charge is 2.32. The van der Waals surface area contributed by atoms with Gasteiger partial charge in [0, 0.05) is 12.2 Å². The topological polar surface area (TPSA) is 35.5 Å². The molecule has 0 radical (unpaired) electrons. The van der Waals surface area contributed by atoms with E-state index in [1.165, 1.54) is 24.9 Å². The Morgan fingerprint density at radius 1 is 1.00 bits per heavy atom. The molecule has 0 bridgehead atoms. The monoisotopic (exact) mass is 300 g/mol. The maximum absolute atomic E-state index is 11.3. The highest BCUT2D eigenvalue weighted by atomic mass is 28.4. The standard InChI is InChI=1S/C16H32O3Si/c1-6-10-19-20(12-7-2,13-8-3)14-9-11-18-16(17)15(4)5/h4,6-14H2,1-3,5H3. The van der Waals surface area contributed by atoms with Gasteiger partial charge in [0.05, 0.1) is 6.61 Å². The minimum Gasteiger partial charge on any atom is -0.462 e. The highest BCUT2D eigenvalue weighted by Crippen LogP contribution is 2.27. The molecule has 3 nitrogen and oxygen atoms in total. The third kappa shape index (κ3) is 7.85. The highest BCUT2D eigenvalue weighted by molar-refractivity contribution is 6.73. The average molecular weight is 301 g/mol. The van der Waals surface area contributed by atoms with Crippen LogP contribution >= 0.6 is 0 Å². The molecule has 4 heteroatoms. The lowest BCUT2D eigenvalue weighted by molar-refractivity contribution is -0.138. The molecule has 0 saturated carbocycles. The van der Waals surface area contributed by atoms with Crippen LogP contribution in [0.25, 0.3) is 0 Å². The lowest BCUT2D eigenvalue weighted by atomic mass is 10.4. The second-order valence-corrected chi connectivity index (χ2v) is 9.71. The Kier molecular flexibility index (Phi) is 10.8. The second kappa shape index (κ2) is 11.1. The first-order chi connectivity index (χ1) is 9.51. The van der Waals surface area contributed by atoms with E-state index >= 15 is 0 Å². The first-order valence-electron chi connectivity index (χ1n) is 7.98. The van der Waals surface area contributed by atoms with Crippen LogP contribution in [0.4, 0.5) is 0 Å². The molecular weight excluding hydrogens is 268 g/mol. The van der Waals surface area contributed by atoms with Gasteiger partial charge >= 0.3 is 5.97 Å². The van der Waals surface area contributed by atoms with Crippen molar-refractivity contribution in [1.29, 1.82) is 0 Å². The van der Waals surface area contributed by atoms with Crippen molar-refractivity contribution >= 4 is 14.3 Å². The minimum absolute atomic E-state index is 0.280. The van der Waals surface area contributed by atoms with Gasteiger partial charge in [-0.3, -0.25) is 0 Å². The van der Waals surface area contributed by atoms with Gasteiger partial charge in [-0.15, -0.1) is 0 Å². The van der Waals surface area contributed by atoms with E-state index < -0.39 is 8.32 Å². The zero-order valence-corrected chi connectivity index (χ0v) is 14.8. The van der Waals surface area contributed by atoms with Crippen LogP contribution in [0.5, 0.6) is 0 Å². The Bertz CT molecular complexity index is 283. The molecule has 0 saturated heterocycles. The van der Waals surface area contributed by atoms with Gasteiger partial charge in [0.2, 0.25) is 0 Å². The van der Waals surface area contributed by atoms with Crippen molar-refractivity contribution in [2.45, 2.75) is 71.5 Å². The summed E-state index contributed by atoms with van der Waals surface area (Å²) < 4.78 is 11.5. The third-order valence-electron chi connectivity index (χ3n) is 3.38. The smallest absolute Gasteiger partial charge is 0.333 e. The molecule has 0 fully saturated rings. The van der Waals surface area contributed by atoms with Crippen LogP contribution in [0.1, 0.15) is 53.4 Å². The van der Waals surface area contributed by atoms with Crippen molar-refractivity contribution in [1.82, 2.24) is 0 Å². The third-order valence-corrected chi connectivity index (χ3v) is 8.29. The molecule has 0 heterocycles. The summed E-state index contributed by atoms with van der Waals surface area (Å²) in [5.74, 6) is -0.280. The number of hydrogen-bond acceptors (Lipinski definition) is 3. The summed E-state index contributed by atoms with van der Waals surface area (Å²) in [4.78, 5) is 11.3. The van der Waals surface area contributed by atoms with Crippen LogP contribution in [0.2, 0.25) is 18.1 Å². The van der Waals surface area contributed by atoms with Gasteiger partial charge < -0.3 is 9.16 Å². The van der Waals surface area contributed by atoms with Gasteiger partial charge in [-0.25, -0.2) is 4.79 Å². The van der Waals surface area contributed by atoms with E-state index in [9.17, 15) is 4.79 Å². The maximum atomic E-state index is 11.3. The van der Waals surface area contributed by atoms with Crippen molar-refractivity contribution in [2.75, 3.05) is 13.2 Å². The number of rotatable bonds is 12. The van der Waals surface area contributed by atoms with Crippen molar-refractivity contribution in [3.63, 3.8) is 0 Å². The zero-order chi connectivity index (χ0) is 15.4. The molecule has 118 valence electrons. The van der Waals surface area contributed by atoms with Crippen molar-refractivity contribution in [3.8, 4) is 0 Å². The molecule has 0 aromatic heterocycles. The normalized spacial score (nSPS) is 11.4. The van der Waals surface area contributed by atoms with E-state index in [0.29, 0.717) is 12.2 Å². The summed E-state index contributed by atoms with van der Waals surface area (Å²) in [7, 11) is -1.63. The maximum Gasteiger partial charge on any atom is 0.333 e. The van der Waals surface area contributed by atoms with Gasteiger partial charge in [-0.2, -0.15) is 0 Å². The van der Waals surface area contributed by atoms with E-state index in [-0.39, 0.29) is 5.97 Å². The number of carbonyl (C=O) groups is 1. The van der Waals surface area contributed by atoms with Crippen LogP contribution in [0, 0.1) is 0 Å². The summed E-state index contributed by atoms with van der Waals surface area (Å²) in [6.45, 7) is 13.3. The Hall–Kier alpha value is -0.613. The van der Waals surface area contributed by atoms with Gasteiger partial charge in [-0.05, 0) is 37.9 Å². The van der Waals surface area contributed by atoms with E-state index in [1.807, 2.05) is 0 Å². The fourth-order valence-corrected chi connectivity index (χ4v) is 6.93. The summed E-state index contributed by atoms with van der Waals surface area (Å²) in [5.41, 5.74) is 0.470. The van der Waals surface area contributed by atoms with Crippen LogP contribution in [0.15, 0.2) is 12.2 Å². The quantitative estimate of drug-likeness (QED) is 0.227. The van der Waals surface area contributed by atoms with Gasteiger partial charge in [0.1, 0.15) is 0 Å². The fourth-order valence-electron chi connectivity index (χ4n) is 2.50. The molecule has 0 aliphatic carbocycles.